The van der Waals surface area contributed by atoms with E-state index in [4.69, 9.17) is 4.74 Å². The largest absolute Gasteiger partial charge is 0.456 e. The van der Waals surface area contributed by atoms with Crippen LogP contribution < -0.4 is 5.32 Å². The molecule has 2 atom stereocenters. The number of piperidine rings is 3. The Balaban J connectivity index is 1.10. The number of anilines is 1. The number of amides is 1. The van der Waals surface area contributed by atoms with Gasteiger partial charge in [0.1, 0.15) is 6.54 Å². The van der Waals surface area contributed by atoms with Gasteiger partial charge in [0.2, 0.25) is 0 Å². The second-order valence-electron chi connectivity index (χ2n) is 9.56. The minimum atomic E-state index is -0.105. The number of hydrogen-bond acceptors (Lipinski definition) is 8. The summed E-state index contributed by atoms with van der Waals surface area (Å²) in [5, 5.41) is 5.49. The van der Waals surface area contributed by atoms with Crippen molar-refractivity contribution < 1.29 is 18.8 Å². The Morgan fingerprint density at radius 1 is 1.26 bits per heavy atom. The summed E-state index contributed by atoms with van der Waals surface area (Å²) in [5.74, 6) is 1.82. The van der Waals surface area contributed by atoms with Crippen molar-refractivity contribution in [3.05, 3.63) is 41.0 Å². The average Bonchev–Trinajstić information content (AvgIpc) is 3.39. The summed E-state index contributed by atoms with van der Waals surface area (Å²) in [6.07, 6.45) is 7.04. The maximum Gasteiger partial charge on any atom is 0.307 e. The molecular formula is C24H32N5O3S2+. The SMILES string of the molecule is O=C(C[N+]12CCC(CC1)[C@H](OC(=O)CCN1CCSC(c3cccs3)C1)C2)Nc1cnccn1. The number of quaternary nitrogens is 1. The number of aromatic nitrogens is 2. The predicted octanol–water partition coefficient (Wildman–Crippen LogP) is 2.81. The molecule has 10 heteroatoms. The monoisotopic (exact) mass is 502 g/mol. The first-order valence-electron chi connectivity index (χ1n) is 12.1. The van der Waals surface area contributed by atoms with Crippen LogP contribution in [0.4, 0.5) is 5.82 Å². The van der Waals surface area contributed by atoms with Gasteiger partial charge in [0.25, 0.3) is 5.91 Å². The number of thioether (sulfide) groups is 1. The number of carbonyl (C=O) groups is 2. The van der Waals surface area contributed by atoms with Crippen molar-refractivity contribution in [2.24, 2.45) is 5.92 Å². The van der Waals surface area contributed by atoms with Gasteiger partial charge in [-0.25, -0.2) is 4.98 Å². The molecule has 0 spiro atoms. The molecule has 2 aromatic heterocycles. The molecule has 2 bridgehead atoms. The van der Waals surface area contributed by atoms with Gasteiger partial charge in [-0.3, -0.25) is 14.6 Å². The highest BCUT2D eigenvalue weighted by Gasteiger charge is 2.48. The van der Waals surface area contributed by atoms with Crippen molar-refractivity contribution in [2.75, 3.05) is 56.9 Å². The molecule has 0 saturated carbocycles. The summed E-state index contributed by atoms with van der Waals surface area (Å²) < 4.78 is 6.69. The number of esters is 1. The lowest BCUT2D eigenvalue weighted by molar-refractivity contribution is -0.938. The van der Waals surface area contributed by atoms with Crippen molar-refractivity contribution in [1.82, 2.24) is 14.9 Å². The molecule has 6 rings (SSSR count). The summed E-state index contributed by atoms with van der Waals surface area (Å²) in [6.45, 7) is 5.79. The smallest absolute Gasteiger partial charge is 0.307 e. The van der Waals surface area contributed by atoms with Gasteiger partial charge in [-0.05, 0) is 11.4 Å². The molecule has 2 aromatic rings. The van der Waals surface area contributed by atoms with Crippen LogP contribution in [-0.4, -0.2) is 88.9 Å². The Morgan fingerprint density at radius 2 is 2.15 bits per heavy atom. The van der Waals surface area contributed by atoms with E-state index in [1.54, 1.807) is 18.6 Å². The normalized spacial score (nSPS) is 29.0. The molecule has 4 aliphatic heterocycles. The van der Waals surface area contributed by atoms with Crippen molar-refractivity contribution in [3.8, 4) is 0 Å². The van der Waals surface area contributed by atoms with E-state index in [2.05, 4.69) is 37.7 Å². The van der Waals surface area contributed by atoms with Crippen LogP contribution in [0.15, 0.2) is 36.1 Å². The minimum absolute atomic E-state index is 0.0609. The first-order chi connectivity index (χ1) is 16.6. The Kier molecular flexibility index (Phi) is 7.48. The van der Waals surface area contributed by atoms with Gasteiger partial charge in [-0.2, -0.15) is 11.8 Å². The zero-order valence-corrected chi connectivity index (χ0v) is 20.9. The molecule has 1 N–H and O–H groups in total. The zero-order chi connectivity index (χ0) is 23.4. The lowest BCUT2D eigenvalue weighted by atomic mass is 9.83. The van der Waals surface area contributed by atoms with Crippen LogP contribution in [0.25, 0.3) is 0 Å². The standard InChI is InChI=1S/C24H31N5O3S2/c30-23(27-22-14-25-6-7-26-22)17-29-10-4-18(5-11-29)19(16-29)32-24(31)3-8-28-9-13-34-21(15-28)20-2-1-12-33-20/h1-2,6-7,12,14,18-19,21H,3-5,8-11,13,15-17H2/p+1/t18?,19-,21?,29?/m1/s1. The molecule has 6 heterocycles. The van der Waals surface area contributed by atoms with Crippen molar-refractivity contribution in [3.63, 3.8) is 0 Å². The zero-order valence-electron chi connectivity index (χ0n) is 19.3. The number of thiophene rings is 1. The summed E-state index contributed by atoms with van der Waals surface area (Å²) in [5.41, 5.74) is 0. The van der Waals surface area contributed by atoms with E-state index in [9.17, 15) is 9.59 Å². The minimum Gasteiger partial charge on any atom is -0.456 e. The number of carbonyl (C=O) groups excluding carboxylic acids is 2. The number of nitrogens with one attached hydrogen (secondary N) is 1. The van der Waals surface area contributed by atoms with Crippen LogP contribution in [0.2, 0.25) is 0 Å². The molecule has 1 unspecified atom stereocenters. The quantitative estimate of drug-likeness (QED) is 0.439. The first kappa shape index (κ1) is 23.7. The molecule has 4 fully saturated rings. The number of fused-ring (bicyclic) bond motifs is 3. The summed E-state index contributed by atoms with van der Waals surface area (Å²) in [4.78, 5) is 37.4. The van der Waals surface area contributed by atoms with E-state index in [1.807, 2.05) is 23.1 Å². The second kappa shape index (κ2) is 10.7. The molecule has 1 amide bonds. The maximum absolute atomic E-state index is 12.8. The van der Waals surface area contributed by atoms with Gasteiger partial charge < -0.3 is 19.4 Å². The topological polar surface area (TPSA) is 84.4 Å². The Labute approximate surface area is 208 Å². The maximum atomic E-state index is 12.8. The summed E-state index contributed by atoms with van der Waals surface area (Å²) in [6, 6.07) is 4.32. The first-order valence-corrected chi connectivity index (χ1v) is 14.0. The number of ether oxygens (including phenoxy) is 1. The van der Waals surface area contributed by atoms with Crippen LogP contribution in [0.3, 0.4) is 0 Å². The van der Waals surface area contributed by atoms with Gasteiger partial charge in [0.05, 0.1) is 31.0 Å². The molecule has 0 radical (unpaired) electrons. The van der Waals surface area contributed by atoms with Crippen LogP contribution >= 0.6 is 23.1 Å². The van der Waals surface area contributed by atoms with Gasteiger partial charge in [0.15, 0.2) is 18.5 Å². The van der Waals surface area contributed by atoms with E-state index < -0.39 is 0 Å². The fourth-order valence-electron chi connectivity index (χ4n) is 5.46. The Morgan fingerprint density at radius 3 is 2.91 bits per heavy atom. The molecular weight excluding hydrogens is 470 g/mol. The average molecular weight is 503 g/mol. The van der Waals surface area contributed by atoms with Gasteiger partial charge in [-0.1, -0.05) is 6.07 Å². The Hall–Kier alpha value is -2.01. The molecule has 0 aliphatic carbocycles. The van der Waals surface area contributed by atoms with Crippen LogP contribution in [0.1, 0.15) is 29.4 Å². The highest BCUT2D eigenvalue weighted by molar-refractivity contribution is 7.99. The molecule has 34 heavy (non-hydrogen) atoms. The van der Waals surface area contributed by atoms with E-state index in [0.717, 1.165) is 57.9 Å². The van der Waals surface area contributed by atoms with Crippen molar-refractivity contribution in [2.45, 2.75) is 30.6 Å². The summed E-state index contributed by atoms with van der Waals surface area (Å²) >= 11 is 3.82. The predicted molar refractivity (Wildman–Crippen MR) is 134 cm³/mol. The number of nitrogens with zero attached hydrogens (tertiary/aromatic N) is 4. The highest BCUT2D eigenvalue weighted by atomic mass is 32.2. The fraction of sp³-hybridized carbons (Fsp3) is 0.583. The third kappa shape index (κ3) is 5.79. The van der Waals surface area contributed by atoms with E-state index in [-0.39, 0.29) is 18.0 Å². The third-order valence-electron chi connectivity index (χ3n) is 7.28. The number of hydrogen-bond donors (Lipinski definition) is 1. The molecule has 8 nitrogen and oxygen atoms in total. The van der Waals surface area contributed by atoms with Gasteiger partial charge in [0, 0.05) is 61.4 Å². The lowest BCUT2D eigenvalue weighted by Crippen LogP contribution is -2.66. The van der Waals surface area contributed by atoms with Gasteiger partial charge in [-0.15, -0.1) is 11.3 Å². The Bertz CT molecular complexity index is 966. The van der Waals surface area contributed by atoms with Crippen LogP contribution in [-0.2, 0) is 14.3 Å². The molecule has 0 aromatic carbocycles. The van der Waals surface area contributed by atoms with E-state index in [1.165, 1.54) is 4.88 Å². The van der Waals surface area contributed by atoms with E-state index >= 15 is 0 Å². The van der Waals surface area contributed by atoms with Crippen LogP contribution in [0, 0.1) is 5.92 Å². The fourth-order valence-corrected chi connectivity index (χ4v) is 7.73. The van der Waals surface area contributed by atoms with Crippen molar-refractivity contribution in [1.29, 1.82) is 0 Å². The third-order valence-corrected chi connectivity index (χ3v) is 9.64. The highest BCUT2D eigenvalue weighted by Crippen LogP contribution is 2.37. The van der Waals surface area contributed by atoms with Crippen molar-refractivity contribution >= 4 is 40.8 Å². The summed E-state index contributed by atoms with van der Waals surface area (Å²) in [7, 11) is 0. The lowest BCUT2D eigenvalue weighted by Gasteiger charge is -2.51. The molecule has 4 aliphatic rings. The molecule has 182 valence electrons. The van der Waals surface area contributed by atoms with E-state index in [0.29, 0.717) is 34.4 Å². The van der Waals surface area contributed by atoms with Gasteiger partial charge >= 0.3 is 5.97 Å². The van der Waals surface area contributed by atoms with Crippen LogP contribution in [0.5, 0.6) is 0 Å². The second-order valence-corrected chi connectivity index (χ2v) is 11.8. The molecule has 4 saturated heterocycles. The number of rotatable bonds is 8.